The van der Waals surface area contributed by atoms with Gasteiger partial charge in [0.25, 0.3) is 21.8 Å². The minimum absolute atomic E-state index is 0.0177. The third-order valence-electron chi connectivity index (χ3n) is 5.17. The van der Waals surface area contributed by atoms with Gasteiger partial charge in [-0.3, -0.25) is 25.2 Å². The summed E-state index contributed by atoms with van der Waals surface area (Å²) in [5, 5.41) is 0. The minimum atomic E-state index is -3.93. The number of hydrazine groups is 1. The van der Waals surface area contributed by atoms with E-state index in [1.54, 1.807) is 55.5 Å². The molecule has 0 aliphatic carbocycles. The van der Waals surface area contributed by atoms with Gasteiger partial charge in [-0.1, -0.05) is 35.9 Å². The van der Waals surface area contributed by atoms with Gasteiger partial charge in [-0.25, -0.2) is 8.42 Å². The third kappa shape index (κ3) is 5.12. The van der Waals surface area contributed by atoms with Crippen molar-refractivity contribution in [1.82, 2.24) is 10.9 Å². The van der Waals surface area contributed by atoms with Crippen LogP contribution in [-0.4, -0.2) is 32.9 Å². The smallest absolute Gasteiger partial charge is 0.283 e. The lowest BCUT2D eigenvalue weighted by atomic mass is 10.1. The van der Waals surface area contributed by atoms with E-state index in [0.717, 1.165) is 5.56 Å². The Kier molecular flexibility index (Phi) is 6.42. The van der Waals surface area contributed by atoms with E-state index in [2.05, 4.69) is 15.6 Å². The van der Waals surface area contributed by atoms with Crippen molar-refractivity contribution in [2.45, 2.75) is 24.8 Å². The SMILES string of the molecule is Cc1ccc(NS(=O)(=O)c2ccc(C)c(C(=O)NNC(=O)C3COc4ccccc4O3)c2)cc1. The van der Waals surface area contributed by atoms with Crippen molar-refractivity contribution in [1.29, 1.82) is 0 Å². The molecule has 4 rings (SSSR count). The van der Waals surface area contributed by atoms with Crippen LogP contribution in [0.5, 0.6) is 11.5 Å². The second-order valence-electron chi connectivity index (χ2n) is 7.76. The predicted octanol–water partition coefficient (Wildman–Crippen LogP) is 2.71. The molecule has 0 spiro atoms. The topological polar surface area (TPSA) is 123 Å². The van der Waals surface area contributed by atoms with Gasteiger partial charge < -0.3 is 9.47 Å². The number of anilines is 1. The summed E-state index contributed by atoms with van der Waals surface area (Å²) >= 11 is 0. The number of fused-ring (bicyclic) bond motifs is 1. The van der Waals surface area contributed by atoms with Crippen molar-refractivity contribution in [3.8, 4) is 11.5 Å². The highest BCUT2D eigenvalue weighted by Gasteiger charge is 2.28. The van der Waals surface area contributed by atoms with Gasteiger partial charge in [-0.15, -0.1) is 0 Å². The van der Waals surface area contributed by atoms with Crippen LogP contribution in [0.15, 0.2) is 71.6 Å². The average Bonchev–Trinajstić information content (AvgIpc) is 2.83. The first-order chi connectivity index (χ1) is 16.2. The summed E-state index contributed by atoms with van der Waals surface area (Å²) in [5.41, 5.74) is 6.64. The van der Waals surface area contributed by atoms with Crippen LogP contribution >= 0.6 is 0 Å². The van der Waals surface area contributed by atoms with Crippen molar-refractivity contribution in [2.75, 3.05) is 11.3 Å². The van der Waals surface area contributed by atoms with E-state index in [1.165, 1.54) is 18.2 Å². The summed E-state index contributed by atoms with van der Waals surface area (Å²) in [6.07, 6.45) is -0.957. The fourth-order valence-corrected chi connectivity index (χ4v) is 4.35. The summed E-state index contributed by atoms with van der Waals surface area (Å²) in [5.74, 6) is -0.320. The van der Waals surface area contributed by atoms with Crippen LogP contribution in [0.4, 0.5) is 5.69 Å². The zero-order chi connectivity index (χ0) is 24.3. The first-order valence-electron chi connectivity index (χ1n) is 10.4. The zero-order valence-corrected chi connectivity index (χ0v) is 19.3. The van der Waals surface area contributed by atoms with E-state index >= 15 is 0 Å². The highest BCUT2D eigenvalue weighted by Crippen LogP contribution is 2.30. The molecule has 34 heavy (non-hydrogen) atoms. The number of hydrogen-bond acceptors (Lipinski definition) is 6. The Bertz CT molecular complexity index is 1340. The van der Waals surface area contributed by atoms with Gasteiger partial charge in [0.05, 0.1) is 4.90 Å². The highest BCUT2D eigenvalue weighted by molar-refractivity contribution is 7.92. The average molecular weight is 482 g/mol. The number of nitrogens with one attached hydrogen (secondary N) is 3. The van der Waals surface area contributed by atoms with Crippen LogP contribution in [-0.2, 0) is 14.8 Å². The van der Waals surface area contributed by atoms with Crippen LogP contribution in [0.25, 0.3) is 0 Å². The lowest BCUT2D eigenvalue weighted by Gasteiger charge is -2.25. The number of hydrogen-bond donors (Lipinski definition) is 3. The molecule has 2 amide bonds. The number of amides is 2. The van der Waals surface area contributed by atoms with Gasteiger partial charge in [-0.05, 0) is 55.8 Å². The van der Waals surface area contributed by atoms with Crippen molar-refractivity contribution in [3.05, 3.63) is 83.4 Å². The van der Waals surface area contributed by atoms with E-state index < -0.39 is 27.9 Å². The predicted molar refractivity (Wildman–Crippen MR) is 125 cm³/mol. The maximum absolute atomic E-state index is 12.8. The second-order valence-corrected chi connectivity index (χ2v) is 9.44. The van der Waals surface area contributed by atoms with Gasteiger partial charge in [-0.2, -0.15) is 0 Å². The molecule has 3 aromatic carbocycles. The fourth-order valence-electron chi connectivity index (χ4n) is 3.26. The summed E-state index contributed by atoms with van der Waals surface area (Å²) < 4.78 is 39.2. The van der Waals surface area contributed by atoms with Crippen molar-refractivity contribution in [3.63, 3.8) is 0 Å². The number of ether oxygens (including phenoxy) is 2. The molecule has 0 bridgehead atoms. The molecular weight excluding hydrogens is 458 g/mol. The van der Waals surface area contributed by atoms with E-state index in [1.807, 2.05) is 6.92 Å². The number of carbonyl (C=O) groups excluding carboxylic acids is 2. The molecule has 3 aromatic rings. The van der Waals surface area contributed by atoms with Crippen molar-refractivity contribution in [2.24, 2.45) is 0 Å². The highest BCUT2D eigenvalue weighted by atomic mass is 32.2. The van der Waals surface area contributed by atoms with Crippen molar-refractivity contribution < 1.29 is 27.5 Å². The van der Waals surface area contributed by atoms with Crippen LogP contribution in [0.3, 0.4) is 0 Å². The van der Waals surface area contributed by atoms with E-state index in [9.17, 15) is 18.0 Å². The maximum atomic E-state index is 12.8. The monoisotopic (exact) mass is 481 g/mol. The second kappa shape index (κ2) is 9.44. The number of sulfonamides is 1. The summed E-state index contributed by atoms with van der Waals surface area (Å²) in [6.45, 7) is 3.54. The lowest BCUT2D eigenvalue weighted by molar-refractivity contribution is -0.131. The standard InChI is InChI=1S/C24H23N3O6S/c1-15-7-10-17(11-8-15)27-34(30,31)18-12-9-16(2)19(13-18)23(28)25-26-24(29)22-14-32-20-5-3-4-6-21(20)33-22/h3-13,22,27H,14H2,1-2H3,(H,25,28)(H,26,29). The van der Waals surface area contributed by atoms with E-state index in [-0.39, 0.29) is 17.1 Å². The Morgan fingerprint density at radius 2 is 1.62 bits per heavy atom. The van der Waals surface area contributed by atoms with Gasteiger partial charge in [0.2, 0.25) is 6.10 Å². The summed E-state index contributed by atoms with van der Waals surface area (Å²) in [7, 11) is -3.93. The van der Waals surface area contributed by atoms with Gasteiger partial charge in [0.15, 0.2) is 11.5 Å². The largest absolute Gasteiger partial charge is 0.485 e. The molecule has 176 valence electrons. The molecule has 0 radical (unpaired) electrons. The van der Waals surface area contributed by atoms with Crippen molar-refractivity contribution >= 4 is 27.5 Å². The number of benzene rings is 3. The first kappa shape index (κ1) is 23.1. The maximum Gasteiger partial charge on any atom is 0.283 e. The molecule has 0 aromatic heterocycles. The molecule has 9 nitrogen and oxygen atoms in total. The Labute approximate surface area is 197 Å². The Morgan fingerprint density at radius 1 is 0.912 bits per heavy atom. The molecule has 1 aliphatic rings. The van der Waals surface area contributed by atoms with Crippen LogP contribution < -0.4 is 25.0 Å². The molecule has 1 aliphatic heterocycles. The zero-order valence-electron chi connectivity index (χ0n) is 18.5. The van der Waals surface area contributed by atoms with Crippen LogP contribution in [0.2, 0.25) is 0 Å². The Morgan fingerprint density at radius 3 is 2.35 bits per heavy atom. The molecule has 0 fully saturated rings. The Hall–Kier alpha value is -4.05. The molecule has 0 saturated carbocycles. The molecule has 1 atom stereocenters. The van der Waals surface area contributed by atoms with Gasteiger partial charge in [0.1, 0.15) is 6.61 Å². The number of aryl methyl sites for hydroxylation is 2. The van der Waals surface area contributed by atoms with E-state index in [0.29, 0.717) is 22.7 Å². The normalized spacial score (nSPS) is 14.7. The van der Waals surface area contributed by atoms with Crippen LogP contribution in [0, 0.1) is 13.8 Å². The molecule has 1 heterocycles. The first-order valence-corrected chi connectivity index (χ1v) is 11.9. The Balaban J connectivity index is 1.42. The fraction of sp³-hybridized carbons (Fsp3) is 0.167. The molecule has 10 heteroatoms. The summed E-state index contributed by atoms with van der Waals surface area (Å²) in [4.78, 5) is 25.1. The number of rotatable bonds is 5. The quantitative estimate of drug-likeness (QED) is 0.482. The number of para-hydroxylation sites is 2. The lowest BCUT2D eigenvalue weighted by Crippen LogP contribution is -2.51. The van der Waals surface area contributed by atoms with E-state index in [4.69, 9.17) is 9.47 Å². The molecular formula is C24H23N3O6S. The third-order valence-corrected chi connectivity index (χ3v) is 6.55. The molecule has 0 saturated heterocycles. The number of carbonyl (C=O) groups is 2. The molecule has 3 N–H and O–H groups in total. The van der Waals surface area contributed by atoms with Gasteiger partial charge in [0, 0.05) is 11.3 Å². The van der Waals surface area contributed by atoms with Gasteiger partial charge >= 0.3 is 0 Å². The van der Waals surface area contributed by atoms with Crippen LogP contribution in [0.1, 0.15) is 21.5 Å². The minimum Gasteiger partial charge on any atom is -0.485 e. The summed E-state index contributed by atoms with van der Waals surface area (Å²) in [6, 6.07) is 18.0. The molecule has 1 unspecified atom stereocenters.